The van der Waals surface area contributed by atoms with Gasteiger partial charge in [-0.1, -0.05) is 34.1 Å². The Morgan fingerprint density at radius 3 is 0.708 bits per heavy atom. The maximum absolute atomic E-state index is 8.25. The summed E-state index contributed by atoms with van der Waals surface area (Å²) in [6.07, 6.45) is -4.45. The van der Waals surface area contributed by atoms with Gasteiger partial charge in [-0.3, -0.25) is 0 Å². The van der Waals surface area contributed by atoms with Crippen molar-refractivity contribution in [3.8, 4) is 0 Å². The van der Waals surface area contributed by atoms with Gasteiger partial charge in [-0.25, -0.2) is 0 Å². The van der Waals surface area contributed by atoms with Gasteiger partial charge in [-0.2, -0.15) is 0 Å². The van der Waals surface area contributed by atoms with Crippen LogP contribution in [0, 0.1) is 5.41 Å². The van der Waals surface area contributed by atoms with Crippen LogP contribution in [0.5, 0.6) is 0 Å². The average Bonchev–Trinajstić information content (AvgIpc) is 2.39. The quantitative estimate of drug-likeness (QED) is 0.265. The number of aliphatic hydroxyl groups is 6. The summed E-state index contributed by atoms with van der Waals surface area (Å²) in [7, 11) is 0. The number of hydrogen-bond acceptors (Lipinski definition) is 9. The number of hydrogen-bond donors (Lipinski definition) is 9. The minimum absolute atomic E-state index is 0.542. The predicted molar refractivity (Wildman–Crippen MR) is 95.4 cm³/mol. The molecule has 0 saturated carbocycles. The van der Waals surface area contributed by atoms with E-state index in [0.717, 1.165) is 0 Å². The molecule has 0 saturated heterocycles. The Bertz CT molecular complexity index is 195. The molecule has 0 spiro atoms. The lowest BCUT2D eigenvalue weighted by molar-refractivity contribution is 0.0359. The van der Waals surface area contributed by atoms with Gasteiger partial charge >= 0.3 is 0 Å². The molecule has 6 unspecified atom stereocenters. The Morgan fingerprint density at radius 1 is 0.625 bits per heavy atom. The molecule has 152 valence electrons. The Labute approximate surface area is 146 Å². The third kappa shape index (κ3) is 43.0. The van der Waals surface area contributed by atoms with Crippen molar-refractivity contribution < 1.29 is 30.6 Å². The molecule has 0 heterocycles. The summed E-state index contributed by atoms with van der Waals surface area (Å²) in [5.74, 6) is 0. The van der Waals surface area contributed by atoms with E-state index in [2.05, 4.69) is 27.7 Å². The normalized spacial score (nSPS) is 18.0. The second-order valence-electron chi connectivity index (χ2n) is 6.61. The highest BCUT2D eigenvalue weighted by Crippen LogP contribution is 2.16. The van der Waals surface area contributed by atoms with E-state index in [0.29, 0.717) is 5.41 Å². The Hall–Kier alpha value is -0.360. The lowest BCUT2D eigenvalue weighted by Gasteiger charge is -2.12. The van der Waals surface area contributed by atoms with Crippen LogP contribution in [0.3, 0.4) is 0 Å². The van der Waals surface area contributed by atoms with Gasteiger partial charge in [0, 0.05) is 0 Å². The third-order valence-electron chi connectivity index (χ3n) is 2.54. The monoisotopic (exact) mass is 359 g/mol. The largest absolute Gasteiger partial charge is 0.389 e. The average molecular weight is 360 g/mol. The van der Waals surface area contributed by atoms with Crippen LogP contribution in [0.2, 0.25) is 0 Å². The number of nitrogens with two attached hydrogens (primary N) is 3. The molecule has 6 atom stereocenters. The van der Waals surface area contributed by atoms with E-state index in [4.69, 9.17) is 47.8 Å². The topological polar surface area (TPSA) is 199 Å². The Balaban J connectivity index is -0.000000111. The summed E-state index contributed by atoms with van der Waals surface area (Å²) in [5, 5.41) is 49.2. The van der Waals surface area contributed by atoms with Gasteiger partial charge in [0.25, 0.3) is 0 Å². The summed E-state index contributed by atoms with van der Waals surface area (Å²) < 4.78 is 0. The zero-order valence-electron chi connectivity index (χ0n) is 16.1. The minimum Gasteiger partial charge on any atom is -0.389 e. The van der Waals surface area contributed by atoms with Crippen molar-refractivity contribution in [2.45, 2.75) is 91.9 Å². The zero-order valence-corrected chi connectivity index (χ0v) is 16.1. The molecule has 0 bridgehead atoms. The van der Waals surface area contributed by atoms with Crippen LogP contribution in [0.1, 0.15) is 54.9 Å². The zero-order chi connectivity index (χ0) is 20.7. The highest BCUT2D eigenvalue weighted by atomic mass is 16.3. The Kier molecular flexibility index (Phi) is 22.9. The lowest BCUT2D eigenvalue weighted by atomic mass is 9.94. The van der Waals surface area contributed by atoms with E-state index in [1.807, 2.05) is 0 Å². The highest BCUT2D eigenvalue weighted by Gasteiger charge is 2.03. The van der Waals surface area contributed by atoms with Gasteiger partial charge < -0.3 is 47.8 Å². The van der Waals surface area contributed by atoms with Crippen molar-refractivity contribution in [1.29, 1.82) is 0 Å². The van der Waals surface area contributed by atoms with Crippen LogP contribution in [0.25, 0.3) is 0 Å². The fourth-order valence-electron chi connectivity index (χ4n) is 0. The van der Waals surface area contributed by atoms with Crippen LogP contribution in [-0.2, 0) is 0 Å². The maximum Gasteiger partial charge on any atom is 0.128 e. The van der Waals surface area contributed by atoms with E-state index in [-0.39, 0.29) is 0 Å². The van der Waals surface area contributed by atoms with Crippen LogP contribution >= 0.6 is 0 Å². The molecule has 9 nitrogen and oxygen atoms in total. The molecule has 0 aromatic carbocycles. The molecule has 0 rings (SSSR count). The molecular formula is C15H41N3O6. The van der Waals surface area contributed by atoms with E-state index in [1.165, 1.54) is 27.2 Å². The molecule has 0 aromatic rings. The van der Waals surface area contributed by atoms with E-state index in [1.54, 1.807) is 0 Å². The fraction of sp³-hybridized carbons (Fsp3) is 1.00. The molecule has 0 aromatic heterocycles. The van der Waals surface area contributed by atoms with E-state index >= 15 is 0 Å². The van der Waals surface area contributed by atoms with E-state index in [9.17, 15) is 0 Å². The molecule has 0 aliphatic carbocycles. The first kappa shape index (κ1) is 31.4. The van der Waals surface area contributed by atoms with Crippen LogP contribution < -0.4 is 17.2 Å². The lowest BCUT2D eigenvalue weighted by Crippen LogP contribution is -2.31. The van der Waals surface area contributed by atoms with Crippen molar-refractivity contribution in [2.75, 3.05) is 0 Å². The second-order valence-corrected chi connectivity index (χ2v) is 6.61. The van der Waals surface area contributed by atoms with Gasteiger partial charge in [0.1, 0.15) is 18.7 Å². The second kappa shape index (κ2) is 17.5. The van der Waals surface area contributed by atoms with Gasteiger partial charge in [0.2, 0.25) is 0 Å². The van der Waals surface area contributed by atoms with Crippen molar-refractivity contribution >= 4 is 0 Å². The highest BCUT2D eigenvalue weighted by molar-refractivity contribution is 4.55. The van der Waals surface area contributed by atoms with Gasteiger partial charge in [-0.05, 0) is 26.2 Å². The molecule has 9 heteroatoms. The standard InChI is InChI=1S/C6H14.3C3H9NO2/c1-5-6(2,3)4;3*1-2(5)3(4)6/h5H2,1-4H3;3*2-3,5-6H,4H2,1H3. The molecule has 12 N–H and O–H groups in total. The Morgan fingerprint density at radius 2 is 0.708 bits per heavy atom. The molecular weight excluding hydrogens is 318 g/mol. The summed E-state index contributed by atoms with van der Waals surface area (Å²) in [5.41, 5.74) is 14.8. The maximum atomic E-state index is 8.25. The van der Waals surface area contributed by atoms with Crippen molar-refractivity contribution in [3.63, 3.8) is 0 Å². The van der Waals surface area contributed by atoms with Crippen molar-refractivity contribution in [3.05, 3.63) is 0 Å². The number of rotatable bonds is 3. The van der Waals surface area contributed by atoms with Crippen molar-refractivity contribution in [1.82, 2.24) is 0 Å². The van der Waals surface area contributed by atoms with E-state index < -0.39 is 37.0 Å². The molecule has 24 heavy (non-hydrogen) atoms. The molecule has 0 aliphatic heterocycles. The smallest absolute Gasteiger partial charge is 0.128 e. The summed E-state index contributed by atoms with van der Waals surface area (Å²) in [4.78, 5) is 0. The first-order valence-corrected chi connectivity index (χ1v) is 7.84. The van der Waals surface area contributed by atoms with Crippen LogP contribution in [-0.4, -0.2) is 67.6 Å². The summed E-state index contributed by atoms with van der Waals surface area (Å²) >= 11 is 0. The SMILES string of the molecule is CC(O)C(N)O.CC(O)C(N)O.CC(O)C(N)O.CCC(C)(C)C. The molecule has 0 amide bonds. The molecule has 0 radical (unpaired) electrons. The van der Waals surface area contributed by atoms with Crippen LogP contribution in [0.15, 0.2) is 0 Å². The first-order valence-electron chi connectivity index (χ1n) is 7.84. The minimum atomic E-state index is -1.09. The van der Waals surface area contributed by atoms with Gasteiger partial charge in [0.05, 0.1) is 18.3 Å². The first-order chi connectivity index (χ1) is 10.5. The predicted octanol–water partition coefficient (Wildman–Crippen LogP) is -1.62. The van der Waals surface area contributed by atoms with Crippen molar-refractivity contribution in [2.24, 2.45) is 22.6 Å². The van der Waals surface area contributed by atoms with Crippen LogP contribution in [0.4, 0.5) is 0 Å². The third-order valence-corrected chi connectivity index (χ3v) is 2.54. The molecule has 0 fully saturated rings. The molecule has 0 aliphatic rings. The van der Waals surface area contributed by atoms with Gasteiger partial charge in [0.15, 0.2) is 0 Å². The number of aliphatic hydroxyl groups excluding tert-OH is 6. The summed E-state index contributed by atoms with van der Waals surface area (Å²) in [6.45, 7) is 13.2. The fourth-order valence-corrected chi connectivity index (χ4v) is 0. The summed E-state index contributed by atoms with van der Waals surface area (Å²) in [6, 6.07) is 0. The van der Waals surface area contributed by atoms with Gasteiger partial charge in [-0.15, -0.1) is 0 Å².